The smallest absolute Gasteiger partial charge is 0.194 e. The van der Waals surface area contributed by atoms with E-state index >= 15 is 0 Å². The minimum absolute atomic E-state index is 0.0999. The van der Waals surface area contributed by atoms with Crippen LogP contribution in [0.4, 0.5) is 0 Å². The van der Waals surface area contributed by atoms with E-state index in [2.05, 4.69) is 19.1 Å². The van der Waals surface area contributed by atoms with Crippen LogP contribution in [0.5, 0.6) is 11.8 Å². The quantitative estimate of drug-likeness (QED) is 0.863. The van der Waals surface area contributed by atoms with E-state index < -0.39 is 0 Å². The Morgan fingerprint density at radius 2 is 1.67 bits per heavy atom. The summed E-state index contributed by atoms with van der Waals surface area (Å²) in [4.78, 5) is 0. The molecule has 0 amide bonds. The summed E-state index contributed by atoms with van der Waals surface area (Å²) < 4.78 is 1.50. The van der Waals surface area contributed by atoms with Gasteiger partial charge in [0, 0.05) is 17.4 Å². The van der Waals surface area contributed by atoms with Crippen LogP contribution in [0.3, 0.4) is 0 Å². The van der Waals surface area contributed by atoms with Crippen molar-refractivity contribution in [2.24, 2.45) is 0 Å². The summed E-state index contributed by atoms with van der Waals surface area (Å²) in [6.45, 7) is 2.14. The lowest BCUT2D eigenvalue weighted by Gasteiger charge is -2.16. The molecular weight excluding hydrogens is 246 g/mol. The van der Waals surface area contributed by atoms with Crippen molar-refractivity contribution in [3.8, 4) is 11.8 Å². The van der Waals surface area contributed by atoms with Crippen LogP contribution in [0.25, 0.3) is 0 Å². The highest BCUT2D eigenvalue weighted by Crippen LogP contribution is 2.35. The van der Waals surface area contributed by atoms with Gasteiger partial charge >= 0.3 is 0 Å². The molecule has 0 saturated heterocycles. The zero-order valence-corrected chi connectivity index (χ0v) is 11.1. The Labute approximate surface area is 111 Å². The van der Waals surface area contributed by atoms with Gasteiger partial charge in [-0.3, -0.25) is 4.57 Å². The summed E-state index contributed by atoms with van der Waals surface area (Å²) >= 11 is 1.70. The molecule has 1 atom stereocenters. The number of aromatic hydroxyl groups is 2. The fraction of sp³-hybridized carbons (Fsp3) is 0.286. The topological polar surface area (TPSA) is 45.4 Å². The van der Waals surface area contributed by atoms with Crippen LogP contribution in [-0.2, 0) is 5.88 Å². The Hall–Kier alpha value is -1.55. The summed E-state index contributed by atoms with van der Waals surface area (Å²) in [5.41, 5.74) is 1.27. The molecular formula is C14H17NO2S. The number of rotatable bonds is 5. The summed E-state index contributed by atoms with van der Waals surface area (Å²) in [6, 6.07) is 13.3. The highest BCUT2D eigenvalue weighted by Gasteiger charge is 2.12. The van der Waals surface area contributed by atoms with E-state index in [1.54, 1.807) is 11.8 Å². The number of thioether (sulfide) groups is 1. The first-order valence-corrected chi connectivity index (χ1v) is 7.01. The van der Waals surface area contributed by atoms with E-state index in [-0.39, 0.29) is 11.8 Å². The number of hydrogen-bond acceptors (Lipinski definition) is 3. The molecule has 0 spiro atoms. The van der Waals surface area contributed by atoms with E-state index in [4.69, 9.17) is 0 Å². The maximum absolute atomic E-state index is 9.58. The number of hydrogen-bond donors (Lipinski definition) is 2. The van der Waals surface area contributed by atoms with E-state index in [0.717, 1.165) is 6.42 Å². The Kier molecular flexibility index (Phi) is 4.20. The summed E-state index contributed by atoms with van der Waals surface area (Å²) in [5.74, 6) is 0.740. The van der Waals surface area contributed by atoms with E-state index in [1.807, 2.05) is 18.2 Å². The lowest BCUT2D eigenvalue weighted by molar-refractivity contribution is 0.385. The second-order valence-electron chi connectivity index (χ2n) is 4.08. The van der Waals surface area contributed by atoms with Crippen molar-refractivity contribution in [2.45, 2.75) is 24.5 Å². The third kappa shape index (κ3) is 2.82. The normalized spacial score (nSPS) is 12.5. The van der Waals surface area contributed by atoms with Crippen LogP contribution in [0.1, 0.15) is 24.2 Å². The molecule has 0 aliphatic heterocycles. The minimum atomic E-state index is 0.0999. The van der Waals surface area contributed by atoms with Gasteiger partial charge in [-0.05, 0) is 12.0 Å². The number of nitrogens with zero attached hydrogens (tertiary/aromatic N) is 1. The molecule has 0 bridgehead atoms. The zero-order chi connectivity index (χ0) is 13.0. The van der Waals surface area contributed by atoms with Gasteiger partial charge in [-0.2, -0.15) is 0 Å². The summed E-state index contributed by atoms with van der Waals surface area (Å²) in [5, 5.41) is 19.5. The molecule has 2 rings (SSSR count). The van der Waals surface area contributed by atoms with Gasteiger partial charge in [-0.15, -0.1) is 11.8 Å². The number of aromatic nitrogens is 1. The van der Waals surface area contributed by atoms with Crippen molar-refractivity contribution >= 4 is 11.8 Å². The minimum Gasteiger partial charge on any atom is -0.494 e. The Bertz CT molecular complexity index is 476. The molecule has 2 aromatic rings. The van der Waals surface area contributed by atoms with Gasteiger partial charge in [-0.25, -0.2) is 0 Å². The van der Waals surface area contributed by atoms with E-state index in [9.17, 15) is 10.2 Å². The van der Waals surface area contributed by atoms with E-state index in [1.165, 1.54) is 22.3 Å². The molecule has 1 aromatic carbocycles. The Morgan fingerprint density at radius 1 is 1.06 bits per heavy atom. The van der Waals surface area contributed by atoms with Crippen LogP contribution in [0, 0.1) is 0 Å². The maximum atomic E-state index is 9.58. The molecule has 18 heavy (non-hydrogen) atoms. The van der Waals surface area contributed by atoms with Crippen molar-refractivity contribution in [3.05, 3.63) is 48.0 Å². The third-order valence-corrected chi connectivity index (χ3v) is 4.30. The van der Waals surface area contributed by atoms with E-state index in [0.29, 0.717) is 11.1 Å². The van der Waals surface area contributed by atoms with Gasteiger partial charge in [0.1, 0.15) is 0 Å². The van der Waals surface area contributed by atoms with Crippen LogP contribution < -0.4 is 0 Å². The molecule has 1 unspecified atom stereocenters. The SMILES string of the molecule is CCC(SCn1c(O)ccc1O)c1ccccc1. The molecule has 0 fully saturated rings. The summed E-state index contributed by atoms with van der Waals surface area (Å²) in [6.07, 6.45) is 1.01. The van der Waals surface area contributed by atoms with Crippen molar-refractivity contribution in [1.82, 2.24) is 4.57 Å². The molecule has 3 nitrogen and oxygen atoms in total. The lowest BCUT2D eigenvalue weighted by atomic mass is 10.1. The molecule has 0 aliphatic carbocycles. The third-order valence-electron chi connectivity index (χ3n) is 2.88. The Balaban J connectivity index is 2.04. The van der Waals surface area contributed by atoms with Crippen LogP contribution in [-0.4, -0.2) is 14.8 Å². The number of benzene rings is 1. The predicted molar refractivity (Wildman–Crippen MR) is 74.8 cm³/mol. The van der Waals surface area contributed by atoms with Gasteiger partial charge in [-0.1, -0.05) is 37.3 Å². The first-order chi connectivity index (χ1) is 8.72. The molecule has 0 radical (unpaired) electrons. The monoisotopic (exact) mass is 263 g/mol. The predicted octanol–water partition coefficient (Wildman–Crippen LogP) is 3.74. The van der Waals surface area contributed by atoms with Gasteiger partial charge < -0.3 is 10.2 Å². The van der Waals surface area contributed by atoms with Gasteiger partial charge in [0.2, 0.25) is 0 Å². The first-order valence-electron chi connectivity index (χ1n) is 5.96. The van der Waals surface area contributed by atoms with Gasteiger partial charge in [0.15, 0.2) is 11.8 Å². The maximum Gasteiger partial charge on any atom is 0.194 e. The fourth-order valence-electron chi connectivity index (χ4n) is 1.86. The van der Waals surface area contributed by atoms with Crippen molar-refractivity contribution in [3.63, 3.8) is 0 Å². The van der Waals surface area contributed by atoms with Crippen LogP contribution in [0.15, 0.2) is 42.5 Å². The highest BCUT2D eigenvalue weighted by molar-refractivity contribution is 7.98. The highest BCUT2D eigenvalue weighted by atomic mass is 32.2. The Morgan fingerprint density at radius 3 is 2.22 bits per heavy atom. The van der Waals surface area contributed by atoms with Crippen molar-refractivity contribution in [1.29, 1.82) is 0 Å². The molecule has 0 aliphatic rings. The fourth-order valence-corrected chi connectivity index (χ4v) is 3.04. The molecule has 1 heterocycles. The molecule has 2 N–H and O–H groups in total. The second-order valence-corrected chi connectivity index (χ2v) is 5.24. The van der Waals surface area contributed by atoms with Gasteiger partial charge in [0.25, 0.3) is 0 Å². The molecule has 1 aromatic heterocycles. The lowest BCUT2D eigenvalue weighted by Crippen LogP contribution is -1.98. The van der Waals surface area contributed by atoms with Gasteiger partial charge in [0.05, 0.1) is 5.88 Å². The average Bonchev–Trinajstić information content (AvgIpc) is 2.72. The summed E-state index contributed by atoms with van der Waals surface area (Å²) in [7, 11) is 0. The van der Waals surface area contributed by atoms with Crippen molar-refractivity contribution < 1.29 is 10.2 Å². The molecule has 96 valence electrons. The zero-order valence-electron chi connectivity index (χ0n) is 10.3. The molecule has 4 heteroatoms. The van der Waals surface area contributed by atoms with Crippen LogP contribution >= 0.6 is 11.8 Å². The van der Waals surface area contributed by atoms with Crippen LogP contribution in [0.2, 0.25) is 0 Å². The molecule has 0 saturated carbocycles. The van der Waals surface area contributed by atoms with Crippen molar-refractivity contribution in [2.75, 3.05) is 0 Å². The standard InChI is InChI=1S/C14H17NO2S/c1-2-12(11-6-4-3-5-7-11)18-10-15-13(16)8-9-14(15)17/h3-9,12,16-17H,2,10H2,1H3. The second kappa shape index (κ2) is 5.87. The average molecular weight is 263 g/mol. The largest absolute Gasteiger partial charge is 0.494 e. The first kappa shape index (κ1) is 12.9.